The second-order valence-corrected chi connectivity index (χ2v) is 6.26. The number of rotatable bonds is 6. The summed E-state index contributed by atoms with van der Waals surface area (Å²) >= 11 is 0. The smallest absolute Gasteiger partial charge is 0.255 e. The van der Waals surface area contributed by atoms with E-state index >= 15 is 0 Å². The Kier molecular flexibility index (Phi) is 6.35. The fourth-order valence-corrected chi connectivity index (χ4v) is 2.73. The fourth-order valence-electron chi connectivity index (χ4n) is 2.73. The summed E-state index contributed by atoms with van der Waals surface area (Å²) in [6.45, 7) is 9.23. The van der Waals surface area contributed by atoms with Crippen LogP contribution in [0.2, 0.25) is 0 Å². The number of piperidine rings is 1. The van der Waals surface area contributed by atoms with E-state index in [1.807, 2.05) is 18.7 Å². The first-order valence-electron chi connectivity index (χ1n) is 8.32. The number of pyridine rings is 1. The highest BCUT2D eigenvalue weighted by molar-refractivity contribution is 5.94. The minimum absolute atomic E-state index is 0.0293. The first kappa shape index (κ1) is 18.0. The quantitative estimate of drug-likeness (QED) is 0.810. The molecule has 6 heteroatoms. The van der Waals surface area contributed by atoms with Crippen molar-refractivity contribution in [3.63, 3.8) is 0 Å². The largest absolute Gasteiger partial charge is 0.475 e. The van der Waals surface area contributed by atoms with Crippen LogP contribution >= 0.6 is 0 Å². The Morgan fingerprint density at radius 1 is 1.50 bits per heavy atom. The third-order valence-electron chi connectivity index (χ3n) is 3.90. The number of nitrogens with one attached hydrogen (secondary N) is 1. The Morgan fingerprint density at radius 2 is 2.29 bits per heavy atom. The van der Waals surface area contributed by atoms with Gasteiger partial charge in [0.15, 0.2) is 0 Å². The van der Waals surface area contributed by atoms with Gasteiger partial charge in [0.1, 0.15) is 0 Å². The molecule has 1 aliphatic heterocycles. The number of carbonyl (C=O) groups excluding carboxylic acids is 2. The standard InChI is InChI=1S/C18H25N3O3/c1-4-16(22)19-10-14-6-5-9-21(12-14)18(23)15-7-8-17(20-11-15)24-13(2)3/h4,7-8,11,13-14H,1,5-6,9-10,12H2,2-3H3,(H,19,22)/t14-/m1/s1. The number of aromatic nitrogens is 1. The lowest BCUT2D eigenvalue weighted by Crippen LogP contribution is -2.43. The van der Waals surface area contributed by atoms with Crippen molar-refractivity contribution in [3.8, 4) is 5.88 Å². The van der Waals surface area contributed by atoms with Gasteiger partial charge in [0.2, 0.25) is 11.8 Å². The van der Waals surface area contributed by atoms with Gasteiger partial charge in [-0.1, -0.05) is 6.58 Å². The molecule has 0 aromatic carbocycles. The molecule has 24 heavy (non-hydrogen) atoms. The van der Waals surface area contributed by atoms with Crippen molar-refractivity contribution >= 4 is 11.8 Å². The summed E-state index contributed by atoms with van der Waals surface area (Å²) in [4.78, 5) is 29.9. The molecule has 1 aromatic rings. The third kappa shape index (κ3) is 5.08. The maximum Gasteiger partial charge on any atom is 0.255 e. The van der Waals surface area contributed by atoms with Gasteiger partial charge in [0.05, 0.1) is 11.7 Å². The summed E-state index contributed by atoms with van der Waals surface area (Å²) in [5.74, 6) is 0.579. The van der Waals surface area contributed by atoms with E-state index in [0.29, 0.717) is 24.5 Å². The molecule has 0 bridgehead atoms. The lowest BCUT2D eigenvalue weighted by atomic mass is 9.97. The van der Waals surface area contributed by atoms with Crippen LogP contribution < -0.4 is 10.1 Å². The van der Waals surface area contributed by atoms with E-state index in [1.165, 1.54) is 6.08 Å². The van der Waals surface area contributed by atoms with Crippen LogP contribution in [-0.4, -0.2) is 47.4 Å². The van der Waals surface area contributed by atoms with E-state index in [1.54, 1.807) is 18.3 Å². The van der Waals surface area contributed by atoms with E-state index in [4.69, 9.17) is 4.74 Å². The molecule has 1 N–H and O–H groups in total. The van der Waals surface area contributed by atoms with E-state index in [9.17, 15) is 9.59 Å². The Balaban J connectivity index is 1.93. The van der Waals surface area contributed by atoms with Gasteiger partial charge in [0, 0.05) is 31.9 Å². The number of hydrogen-bond acceptors (Lipinski definition) is 4. The lowest BCUT2D eigenvalue weighted by molar-refractivity contribution is -0.116. The zero-order valence-electron chi connectivity index (χ0n) is 14.3. The van der Waals surface area contributed by atoms with E-state index in [2.05, 4.69) is 16.9 Å². The van der Waals surface area contributed by atoms with Crippen LogP contribution in [0.1, 0.15) is 37.0 Å². The number of nitrogens with zero attached hydrogens (tertiary/aromatic N) is 2. The molecule has 0 aliphatic carbocycles. The van der Waals surface area contributed by atoms with Gasteiger partial charge in [-0.15, -0.1) is 0 Å². The van der Waals surface area contributed by atoms with Gasteiger partial charge in [0.25, 0.3) is 5.91 Å². The summed E-state index contributed by atoms with van der Waals surface area (Å²) < 4.78 is 5.49. The highest BCUT2D eigenvalue weighted by atomic mass is 16.5. The summed E-state index contributed by atoms with van der Waals surface area (Å²) in [7, 11) is 0. The molecular weight excluding hydrogens is 306 g/mol. The highest BCUT2D eigenvalue weighted by Gasteiger charge is 2.24. The summed E-state index contributed by atoms with van der Waals surface area (Å²) in [6.07, 6.45) is 4.80. The first-order valence-corrected chi connectivity index (χ1v) is 8.32. The van der Waals surface area contributed by atoms with Crippen LogP contribution in [0.25, 0.3) is 0 Å². The number of likely N-dealkylation sites (tertiary alicyclic amines) is 1. The number of carbonyl (C=O) groups is 2. The van der Waals surface area contributed by atoms with E-state index in [-0.39, 0.29) is 23.8 Å². The van der Waals surface area contributed by atoms with E-state index in [0.717, 1.165) is 19.4 Å². The molecule has 0 unspecified atom stereocenters. The molecule has 0 saturated carbocycles. The van der Waals surface area contributed by atoms with Crippen molar-refractivity contribution in [1.29, 1.82) is 0 Å². The minimum atomic E-state index is -0.177. The van der Waals surface area contributed by atoms with Gasteiger partial charge < -0.3 is 15.0 Å². The Bertz CT molecular complexity index is 584. The highest BCUT2D eigenvalue weighted by Crippen LogP contribution is 2.19. The van der Waals surface area contributed by atoms with Crippen molar-refractivity contribution in [2.45, 2.75) is 32.8 Å². The maximum atomic E-state index is 12.6. The van der Waals surface area contributed by atoms with Crippen LogP contribution in [0.15, 0.2) is 31.0 Å². The van der Waals surface area contributed by atoms with E-state index < -0.39 is 0 Å². The Labute approximate surface area is 142 Å². The first-order chi connectivity index (χ1) is 11.5. The fraction of sp³-hybridized carbons (Fsp3) is 0.500. The third-order valence-corrected chi connectivity index (χ3v) is 3.90. The Morgan fingerprint density at radius 3 is 2.92 bits per heavy atom. The van der Waals surface area contributed by atoms with Gasteiger partial charge >= 0.3 is 0 Å². The second-order valence-electron chi connectivity index (χ2n) is 6.26. The molecular formula is C18H25N3O3. The van der Waals surface area contributed by atoms with Crippen LogP contribution in [-0.2, 0) is 4.79 Å². The topological polar surface area (TPSA) is 71.5 Å². The van der Waals surface area contributed by atoms with Gasteiger partial charge in [-0.05, 0) is 44.7 Å². The maximum absolute atomic E-state index is 12.6. The second kappa shape index (κ2) is 8.47. The number of hydrogen-bond donors (Lipinski definition) is 1. The van der Waals surface area contributed by atoms with Crippen LogP contribution in [0.5, 0.6) is 5.88 Å². The van der Waals surface area contributed by atoms with Crippen LogP contribution in [0, 0.1) is 5.92 Å². The number of ether oxygens (including phenoxy) is 1. The molecule has 1 saturated heterocycles. The van der Waals surface area contributed by atoms with Crippen molar-refractivity contribution in [1.82, 2.24) is 15.2 Å². The van der Waals surface area contributed by atoms with Gasteiger partial charge in [-0.2, -0.15) is 0 Å². The van der Waals surface area contributed by atoms with Gasteiger partial charge in [-0.25, -0.2) is 4.98 Å². The molecule has 1 aromatic heterocycles. The SMILES string of the molecule is C=CC(=O)NC[C@H]1CCCN(C(=O)c2ccc(OC(C)C)nc2)C1. The molecule has 1 atom stereocenters. The zero-order chi connectivity index (χ0) is 17.5. The lowest BCUT2D eigenvalue weighted by Gasteiger charge is -2.32. The average Bonchev–Trinajstić information content (AvgIpc) is 2.59. The molecule has 1 aliphatic rings. The molecule has 130 valence electrons. The predicted octanol–water partition coefficient (Wildman–Crippen LogP) is 2.02. The van der Waals surface area contributed by atoms with Crippen molar-refractivity contribution < 1.29 is 14.3 Å². The van der Waals surface area contributed by atoms with Crippen LogP contribution in [0.3, 0.4) is 0 Å². The molecule has 2 rings (SSSR count). The number of amides is 2. The normalized spacial score (nSPS) is 17.5. The summed E-state index contributed by atoms with van der Waals surface area (Å²) in [5.41, 5.74) is 0.557. The molecule has 2 heterocycles. The monoisotopic (exact) mass is 331 g/mol. The van der Waals surface area contributed by atoms with Gasteiger partial charge in [-0.3, -0.25) is 9.59 Å². The van der Waals surface area contributed by atoms with Crippen molar-refractivity contribution in [2.24, 2.45) is 5.92 Å². The molecule has 6 nitrogen and oxygen atoms in total. The van der Waals surface area contributed by atoms with Crippen molar-refractivity contribution in [3.05, 3.63) is 36.5 Å². The molecule has 0 radical (unpaired) electrons. The predicted molar refractivity (Wildman–Crippen MR) is 91.8 cm³/mol. The summed E-state index contributed by atoms with van der Waals surface area (Å²) in [6, 6.07) is 3.47. The van der Waals surface area contributed by atoms with Crippen molar-refractivity contribution in [2.75, 3.05) is 19.6 Å². The molecule has 2 amide bonds. The zero-order valence-corrected chi connectivity index (χ0v) is 14.3. The van der Waals surface area contributed by atoms with Crippen LogP contribution in [0.4, 0.5) is 0 Å². The molecule has 0 spiro atoms. The Hall–Kier alpha value is -2.37. The minimum Gasteiger partial charge on any atom is -0.475 e. The average molecular weight is 331 g/mol. The summed E-state index contributed by atoms with van der Waals surface area (Å²) in [5, 5.41) is 2.80. The molecule has 1 fully saturated rings.